The summed E-state index contributed by atoms with van der Waals surface area (Å²) < 4.78 is 4.22. The number of aliphatic carboxylic acids is 1. The Hall–Kier alpha value is -3.26. The van der Waals surface area contributed by atoms with Gasteiger partial charge in [-0.1, -0.05) is 24.3 Å². The molecule has 0 radical (unpaired) electrons. The van der Waals surface area contributed by atoms with Gasteiger partial charge >= 0.3 is 12.1 Å². The largest absolute Gasteiger partial charge is 0.481 e. The summed E-state index contributed by atoms with van der Waals surface area (Å²) in [5.41, 5.74) is 3.62. The predicted molar refractivity (Wildman–Crippen MR) is 106 cm³/mol. The van der Waals surface area contributed by atoms with Gasteiger partial charge < -0.3 is 10.2 Å². The summed E-state index contributed by atoms with van der Waals surface area (Å²) in [6.45, 7) is 1.75. The van der Waals surface area contributed by atoms with Gasteiger partial charge in [-0.25, -0.2) is 4.79 Å². The summed E-state index contributed by atoms with van der Waals surface area (Å²) in [7, 11) is 0. The maximum Gasteiger partial charge on any atom is 0.409 e. The fraction of sp³-hybridized carbons (Fsp3) is 0.200. The summed E-state index contributed by atoms with van der Waals surface area (Å²) in [6, 6.07) is 11.2. The lowest BCUT2D eigenvalue weighted by atomic mass is 9.94. The minimum Gasteiger partial charge on any atom is -0.481 e. The van der Waals surface area contributed by atoms with Gasteiger partial charge in [0.05, 0.1) is 27.4 Å². The molecular formula is C20H17N3O4S. The fourth-order valence-corrected chi connectivity index (χ4v) is 4.07. The van der Waals surface area contributed by atoms with Crippen LogP contribution >= 0.6 is 11.5 Å². The van der Waals surface area contributed by atoms with Gasteiger partial charge in [-0.3, -0.25) is 15.1 Å². The molecule has 1 saturated carbocycles. The molecule has 2 heterocycles. The molecule has 0 spiro atoms. The highest BCUT2D eigenvalue weighted by Crippen LogP contribution is 2.48. The zero-order chi connectivity index (χ0) is 19.9. The number of hydrogen-bond acceptors (Lipinski definition) is 5. The highest BCUT2D eigenvalue weighted by Gasteiger charge is 2.51. The Bertz CT molecular complexity index is 1050. The maximum absolute atomic E-state index is 11.4. The molecule has 1 amide bonds. The molecule has 3 aromatic rings. The van der Waals surface area contributed by atoms with Crippen molar-refractivity contribution in [3.63, 3.8) is 0 Å². The number of carboxylic acid groups (broad SMARTS) is 2. The Balaban J connectivity index is 1.59. The van der Waals surface area contributed by atoms with Crippen LogP contribution in [-0.4, -0.2) is 31.6 Å². The van der Waals surface area contributed by atoms with Crippen molar-refractivity contribution in [2.45, 2.75) is 25.2 Å². The van der Waals surface area contributed by atoms with Crippen LogP contribution in [0.1, 0.15) is 24.1 Å². The standard InChI is InChI=1S/C20H17N3O4S/c1-11-16(22-19(26)27)17(28-23-11)13-4-7-15(21-10-13)12-2-5-14(6-3-12)20(8-9-20)18(24)25/h2-7,10,22H,8-9H2,1H3,(H,24,25)(H,26,27). The number of aromatic nitrogens is 2. The van der Waals surface area contributed by atoms with Gasteiger partial charge in [-0.15, -0.1) is 0 Å². The van der Waals surface area contributed by atoms with Crippen molar-refractivity contribution in [2.75, 3.05) is 5.32 Å². The molecule has 0 bridgehead atoms. The first-order valence-electron chi connectivity index (χ1n) is 8.68. The fourth-order valence-electron chi connectivity index (χ4n) is 3.23. The van der Waals surface area contributed by atoms with Crippen LogP contribution in [0.4, 0.5) is 10.5 Å². The summed E-state index contributed by atoms with van der Waals surface area (Å²) in [5, 5.41) is 20.8. The first-order chi connectivity index (χ1) is 13.4. The molecule has 0 atom stereocenters. The molecule has 1 aliphatic carbocycles. The molecule has 1 aliphatic rings. The predicted octanol–water partition coefficient (Wildman–Crippen LogP) is 4.39. The molecule has 8 heteroatoms. The van der Waals surface area contributed by atoms with Crippen LogP contribution < -0.4 is 5.32 Å². The van der Waals surface area contributed by atoms with Crippen molar-refractivity contribution in [2.24, 2.45) is 0 Å². The topological polar surface area (TPSA) is 112 Å². The van der Waals surface area contributed by atoms with E-state index < -0.39 is 17.5 Å². The van der Waals surface area contributed by atoms with E-state index in [1.807, 2.05) is 36.4 Å². The van der Waals surface area contributed by atoms with Crippen molar-refractivity contribution < 1.29 is 19.8 Å². The number of nitrogens with zero attached hydrogens (tertiary/aromatic N) is 2. The van der Waals surface area contributed by atoms with E-state index in [2.05, 4.69) is 14.7 Å². The second kappa shape index (κ2) is 6.72. The quantitative estimate of drug-likeness (QED) is 0.591. The van der Waals surface area contributed by atoms with Gasteiger partial charge in [0.2, 0.25) is 0 Å². The van der Waals surface area contributed by atoms with E-state index in [9.17, 15) is 14.7 Å². The molecule has 3 N–H and O–H groups in total. The van der Waals surface area contributed by atoms with Gasteiger partial charge in [-0.2, -0.15) is 4.37 Å². The number of pyridine rings is 1. The Morgan fingerprint density at radius 2 is 1.75 bits per heavy atom. The van der Waals surface area contributed by atoms with Crippen LogP contribution in [0.3, 0.4) is 0 Å². The SMILES string of the molecule is Cc1nsc(-c2ccc(-c3ccc(C4(C(=O)O)CC4)cc3)nc2)c1NC(=O)O. The summed E-state index contributed by atoms with van der Waals surface area (Å²) in [4.78, 5) is 27.6. The van der Waals surface area contributed by atoms with E-state index in [0.29, 0.717) is 29.1 Å². The number of carbonyl (C=O) groups is 2. The Labute approximate surface area is 164 Å². The first-order valence-corrected chi connectivity index (χ1v) is 9.45. The average molecular weight is 395 g/mol. The van der Waals surface area contributed by atoms with E-state index >= 15 is 0 Å². The van der Waals surface area contributed by atoms with Crippen LogP contribution in [0.25, 0.3) is 21.7 Å². The van der Waals surface area contributed by atoms with Gasteiger partial charge in [-0.05, 0) is 49.0 Å². The third-order valence-corrected chi connectivity index (χ3v) is 6.00. The second-order valence-corrected chi connectivity index (χ2v) is 7.57. The monoisotopic (exact) mass is 395 g/mol. The van der Waals surface area contributed by atoms with Crippen molar-refractivity contribution in [3.8, 4) is 21.7 Å². The highest BCUT2D eigenvalue weighted by molar-refractivity contribution is 7.10. The number of amides is 1. The summed E-state index contributed by atoms with van der Waals surface area (Å²) >= 11 is 1.22. The van der Waals surface area contributed by atoms with E-state index in [1.165, 1.54) is 11.5 Å². The number of carboxylic acids is 1. The van der Waals surface area contributed by atoms with Crippen LogP contribution in [0.2, 0.25) is 0 Å². The van der Waals surface area contributed by atoms with Crippen LogP contribution in [0.5, 0.6) is 0 Å². The zero-order valence-electron chi connectivity index (χ0n) is 15.0. The van der Waals surface area contributed by atoms with Gasteiger partial charge in [0.1, 0.15) is 0 Å². The number of rotatable bonds is 5. The van der Waals surface area contributed by atoms with Crippen molar-refractivity contribution >= 4 is 29.3 Å². The molecule has 0 saturated heterocycles. The summed E-state index contributed by atoms with van der Waals surface area (Å²) in [6.07, 6.45) is 1.90. The third kappa shape index (κ3) is 3.11. The molecule has 4 rings (SSSR count). The third-order valence-electron chi connectivity index (χ3n) is 5.01. The molecule has 7 nitrogen and oxygen atoms in total. The molecule has 0 aliphatic heterocycles. The maximum atomic E-state index is 11.4. The summed E-state index contributed by atoms with van der Waals surface area (Å²) in [5.74, 6) is -0.770. The number of aryl methyl sites for hydroxylation is 1. The second-order valence-electron chi connectivity index (χ2n) is 6.80. The lowest BCUT2D eigenvalue weighted by molar-refractivity contribution is -0.140. The molecule has 142 valence electrons. The van der Waals surface area contributed by atoms with E-state index in [-0.39, 0.29) is 0 Å². The normalized spacial score (nSPS) is 14.5. The minimum atomic E-state index is -1.14. The van der Waals surface area contributed by atoms with Crippen LogP contribution in [0, 0.1) is 6.92 Å². The number of anilines is 1. The van der Waals surface area contributed by atoms with Crippen molar-refractivity contribution in [1.82, 2.24) is 9.36 Å². The molecule has 2 aromatic heterocycles. The molecule has 1 fully saturated rings. The van der Waals surface area contributed by atoms with E-state index in [4.69, 9.17) is 5.11 Å². The van der Waals surface area contributed by atoms with E-state index in [0.717, 1.165) is 22.4 Å². The van der Waals surface area contributed by atoms with Crippen molar-refractivity contribution in [1.29, 1.82) is 0 Å². The molecular weight excluding hydrogens is 378 g/mol. The van der Waals surface area contributed by atoms with Gasteiger partial charge in [0.25, 0.3) is 0 Å². The van der Waals surface area contributed by atoms with Crippen LogP contribution in [-0.2, 0) is 10.2 Å². The average Bonchev–Trinajstić information content (AvgIpc) is 3.43. The van der Waals surface area contributed by atoms with Crippen LogP contribution in [0.15, 0.2) is 42.6 Å². The van der Waals surface area contributed by atoms with Gasteiger partial charge in [0, 0.05) is 17.3 Å². The smallest absolute Gasteiger partial charge is 0.409 e. The molecule has 28 heavy (non-hydrogen) atoms. The zero-order valence-corrected chi connectivity index (χ0v) is 15.8. The van der Waals surface area contributed by atoms with Gasteiger partial charge in [0.15, 0.2) is 0 Å². The molecule has 0 unspecified atom stereocenters. The lowest BCUT2D eigenvalue weighted by Gasteiger charge is -2.11. The van der Waals surface area contributed by atoms with E-state index in [1.54, 1.807) is 13.1 Å². The lowest BCUT2D eigenvalue weighted by Crippen LogP contribution is -2.19. The number of nitrogens with one attached hydrogen (secondary N) is 1. The molecule has 1 aromatic carbocycles. The Kier molecular flexibility index (Phi) is 4.35. The Morgan fingerprint density at radius 3 is 2.29 bits per heavy atom. The minimum absolute atomic E-state index is 0.472. The highest BCUT2D eigenvalue weighted by atomic mass is 32.1. The number of hydrogen-bond donors (Lipinski definition) is 3. The van der Waals surface area contributed by atoms with Crippen molar-refractivity contribution in [3.05, 3.63) is 53.9 Å². The first kappa shape index (κ1) is 18.1. The number of benzene rings is 1. The Morgan fingerprint density at radius 1 is 1.07 bits per heavy atom.